The van der Waals surface area contributed by atoms with Gasteiger partial charge in [0, 0.05) is 30.1 Å². The SMILES string of the molecule is C=CCN(Cc1ccccc1)C(=O)[C@@H]1[C@H]2C(=O)N([C@@H](CO)C(C)C)C(C(=O)N(CC=C)c3ccc(OC)cc3)C23CC[C@@]1(C)S3. The van der Waals surface area contributed by atoms with Gasteiger partial charge in [-0.05, 0) is 55.5 Å². The van der Waals surface area contributed by atoms with E-state index in [1.54, 1.807) is 57.9 Å². The number of carbonyl (C=O) groups is 3. The lowest BCUT2D eigenvalue weighted by Crippen LogP contribution is -2.58. The maximum atomic E-state index is 14.9. The summed E-state index contributed by atoms with van der Waals surface area (Å²) >= 11 is 1.64. The number of benzene rings is 2. The summed E-state index contributed by atoms with van der Waals surface area (Å²) in [5.74, 6) is -1.30. The van der Waals surface area contributed by atoms with Crippen LogP contribution in [0.3, 0.4) is 0 Å². The van der Waals surface area contributed by atoms with E-state index in [1.165, 1.54) is 0 Å². The maximum Gasteiger partial charge on any atom is 0.251 e. The van der Waals surface area contributed by atoms with Crippen molar-refractivity contribution in [3.8, 4) is 5.75 Å². The molecule has 6 atom stereocenters. The maximum absolute atomic E-state index is 14.9. The molecule has 2 bridgehead atoms. The highest BCUT2D eigenvalue weighted by Crippen LogP contribution is 2.72. The van der Waals surface area contributed by atoms with E-state index in [9.17, 15) is 19.5 Å². The first-order valence-electron chi connectivity index (χ1n) is 15.7. The lowest BCUT2D eigenvalue weighted by Gasteiger charge is -2.40. The summed E-state index contributed by atoms with van der Waals surface area (Å²) in [5.41, 5.74) is 1.66. The van der Waals surface area contributed by atoms with Gasteiger partial charge in [-0.25, -0.2) is 0 Å². The zero-order valence-corrected chi connectivity index (χ0v) is 27.5. The second-order valence-corrected chi connectivity index (χ2v) is 14.8. The highest BCUT2D eigenvalue weighted by Gasteiger charge is 2.78. The molecule has 3 aliphatic heterocycles. The van der Waals surface area contributed by atoms with E-state index in [-0.39, 0.29) is 36.8 Å². The number of likely N-dealkylation sites (tertiary alicyclic amines) is 1. The molecule has 8 nitrogen and oxygen atoms in total. The van der Waals surface area contributed by atoms with Crippen molar-refractivity contribution in [1.82, 2.24) is 9.80 Å². The first-order chi connectivity index (χ1) is 21.6. The molecule has 3 aliphatic rings. The third kappa shape index (κ3) is 5.58. The quantitative estimate of drug-likeness (QED) is 0.316. The van der Waals surface area contributed by atoms with E-state index in [0.29, 0.717) is 37.4 Å². The second-order valence-electron chi connectivity index (χ2n) is 12.9. The number of carbonyl (C=O) groups excluding carboxylic acids is 3. The van der Waals surface area contributed by atoms with E-state index in [4.69, 9.17) is 4.74 Å². The Morgan fingerprint density at radius 3 is 2.31 bits per heavy atom. The Hall–Kier alpha value is -3.56. The summed E-state index contributed by atoms with van der Waals surface area (Å²) in [6.07, 6.45) is 4.73. The van der Waals surface area contributed by atoms with Gasteiger partial charge in [0.1, 0.15) is 11.8 Å². The largest absolute Gasteiger partial charge is 0.497 e. The van der Waals surface area contributed by atoms with Gasteiger partial charge in [0.15, 0.2) is 0 Å². The van der Waals surface area contributed by atoms with Gasteiger partial charge in [0.2, 0.25) is 11.8 Å². The molecule has 2 unspecified atom stereocenters. The molecule has 2 aromatic carbocycles. The fourth-order valence-corrected chi connectivity index (χ4v) is 10.1. The van der Waals surface area contributed by atoms with Crippen molar-refractivity contribution in [3.63, 3.8) is 0 Å². The lowest BCUT2D eigenvalue weighted by atomic mass is 9.66. The van der Waals surface area contributed by atoms with Crippen LogP contribution >= 0.6 is 11.8 Å². The van der Waals surface area contributed by atoms with Gasteiger partial charge >= 0.3 is 0 Å². The van der Waals surface area contributed by atoms with Crippen LogP contribution in [0, 0.1) is 17.8 Å². The van der Waals surface area contributed by atoms with Crippen molar-refractivity contribution in [2.75, 3.05) is 31.7 Å². The van der Waals surface area contributed by atoms with Crippen molar-refractivity contribution in [2.45, 2.75) is 61.7 Å². The molecule has 3 saturated heterocycles. The van der Waals surface area contributed by atoms with Crippen molar-refractivity contribution in [1.29, 1.82) is 0 Å². The smallest absolute Gasteiger partial charge is 0.251 e. The van der Waals surface area contributed by atoms with Gasteiger partial charge in [0.05, 0.1) is 36.3 Å². The van der Waals surface area contributed by atoms with Crippen LogP contribution in [0.2, 0.25) is 0 Å². The number of nitrogens with zero attached hydrogens (tertiary/aromatic N) is 3. The van der Waals surface area contributed by atoms with E-state index in [1.807, 2.05) is 56.3 Å². The zero-order valence-electron chi connectivity index (χ0n) is 26.7. The van der Waals surface area contributed by atoms with Gasteiger partial charge in [-0.15, -0.1) is 24.9 Å². The average molecular weight is 632 g/mol. The zero-order chi connectivity index (χ0) is 32.5. The summed E-state index contributed by atoms with van der Waals surface area (Å²) in [7, 11) is 1.59. The predicted octanol–water partition coefficient (Wildman–Crippen LogP) is 4.93. The Labute approximate surface area is 271 Å². The average Bonchev–Trinajstić information content (AvgIpc) is 3.60. The minimum Gasteiger partial charge on any atom is -0.497 e. The fraction of sp³-hybridized carbons (Fsp3) is 0.472. The van der Waals surface area contributed by atoms with Crippen LogP contribution < -0.4 is 9.64 Å². The topological polar surface area (TPSA) is 90.4 Å². The number of ether oxygens (including phenoxy) is 1. The standard InChI is InChI=1S/C36H45N3O5S/c1-7-20-37(22-25-12-10-9-11-13-25)32(41)29-30-33(42)39(28(23-40)24(3)4)31(36(30)19-18-35(29,5)45-36)34(43)38(21-8-2)26-14-16-27(44-6)17-15-26/h7-17,24,28-31,40H,1-2,18-23H2,3-6H3/t28-,29-,30-,31?,35+,36?/m0/s1. The van der Waals surface area contributed by atoms with Crippen LogP contribution in [0.1, 0.15) is 39.2 Å². The summed E-state index contributed by atoms with van der Waals surface area (Å²) < 4.78 is 4.00. The Morgan fingerprint density at radius 1 is 1.07 bits per heavy atom. The summed E-state index contributed by atoms with van der Waals surface area (Å²) in [6.45, 7) is 14.5. The normalized spacial score (nSPS) is 27.3. The Bertz CT molecular complexity index is 1430. The van der Waals surface area contributed by atoms with Crippen LogP contribution in [0.25, 0.3) is 0 Å². The predicted molar refractivity (Wildman–Crippen MR) is 179 cm³/mol. The number of anilines is 1. The molecule has 240 valence electrons. The number of thioether (sulfide) groups is 1. The van der Waals surface area contributed by atoms with Gasteiger partial charge < -0.3 is 24.5 Å². The van der Waals surface area contributed by atoms with Gasteiger partial charge in [0.25, 0.3) is 5.91 Å². The van der Waals surface area contributed by atoms with E-state index in [2.05, 4.69) is 20.1 Å². The number of hydrogen-bond donors (Lipinski definition) is 1. The number of fused-ring (bicyclic) bond motifs is 1. The highest BCUT2D eigenvalue weighted by atomic mass is 32.2. The van der Waals surface area contributed by atoms with Crippen LogP contribution in [0.4, 0.5) is 5.69 Å². The molecule has 3 fully saturated rings. The Balaban J connectivity index is 1.60. The molecule has 5 rings (SSSR count). The highest BCUT2D eigenvalue weighted by molar-refractivity contribution is 8.02. The van der Waals surface area contributed by atoms with Crippen LogP contribution in [-0.4, -0.2) is 81.0 Å². The molecule has 3 amide bonds. The summed E-state index contributed by atoms with van der Waals surface area (Å²) in [5, 5.41) is 10.6. The van der Waals surface area contributed by atoms with Crippen LogP contribution in [-0.2, 0) is 20.9 Å². The number of amides is 3. The molecule has 0 aromatic heterocycles. The van der Waals surface area contributed by atoms with Crippen molar-refractivity contribution in [2.24, 2.45) is 17.8 Å². The lowest BCUT2D eigenvalue weighted by molar-refractivity contribution is -0.147. The monoisotopic (exact) mass is 631 g/mol. The molecule has 2 aromatic rings. The van der Waals surface area contributed by atoms with Gasteiger partial charge in [-0.3, -0.25) is 14.4 Å². The molecule has 0 radical (unpaired) electrons. The summed E-state index contributed by atoms with van der Waals surface area (Å²) in [4.78, 5) is 49.4. The van der Waals surface area contributed by atoms with Crippen LogP contribution in [0.5, 0.6) is 5.75 Å². The molecule has 0 aliphatic carbocycles. The number of methoxy groups -OCH3 is 1. The molecule has 3 heterocycles. The van der Waals surface area contributed by atoms with E-state index >= 15 is 0 Å². The minimum absolute atomic E-state index is 0.0927. The molecule has 1 N–H and O–H groups in total. The molecule has 9 heteroatoms. The third-order valence-corrected chi connectivity index (χ3v) is 11.9. The number of hydrogen-bond acceptors (Lipinski definition) is 6. The first-order valence-corrected chi connectivity index (χ1v) is 16.5. The molecule has 1 spiro atoms. The Kier molecular flexibility index (Phi) is 9.52. The van der Waals surface area contributed by atoms with Crippen LogP contribution in [0.15, 0.2) is 79.9 Å². The van der Waals surface area contributed by atoms with Crippen molar-refractivity contribution in [3.05, 3.63) is 85.5 Å². The third-order valence-electron chi connectivity index (χ3n) is 9.87. The molecular formula is C36H45N3O5S. The van der Waals surface area contributed by atoms with Gasteiger partial charge in [-0.1, -0.05) is 56.3 Å². The first kappa shape index (κ1) is 32.8. The van der Waals surface area contributed by atoms with Gasteiger partial charge in [-0.2, -0.15) is 0 Å². The number of rotatable bonds is 13. The van der Waals surface area contributed by atoms with E-state index in [0.717, 1.165) is 5.56 Å². The molecule has 45 heavy (non-hydrogen) atoms. The molecule has 0 saturated carbocycles. The Morgan fingerprint density at radius 2 is 1.73 bits per heavy atom. The number of aliphatic hydroxyl groups is 1. The molecular weight excluding hydrogens is 586 g/mol. The van der Waals surface area contributed by atoms with Crippen molar-refractivity contribution < 1.29 is 24.2 Å². The summed E-state index contributed by atoms with van der Waals surface area (Å²) in [6, 6.07) is 15.6. The second kappa shape index (κ2) is 13.0. The van der Waals surface area contributed by atoms with E-state index < -0.39 is 33.4 Å². The van der Waals surface area contributed by atoms with Crippen molar-refractivity contribution >= 4 is 35.2 Å². The fourth-order valence-electron chi connectivity index (χ4n) is 7.75. The minimum atomic E-state index is -0.858. The number of aliphatic hydroxyl groups excluding tert-OH is 1.